The van der Waals surface area contributed by atoms with Crippen molar-refractivity contribution in [3.8, 4) is 5.75 Å². The van der Waals surface area contributed by atoms with Crippen molar-refractivity contribution in [2.75, 3.05) is 26.2 Å². The van der Waals surface area contributed by atoms with Crippen LogP contribution in [0.15, 0.2) is 48.5 Å². The minimum atomic E-state index is -0.108. The Hall–Kier alpha value is -2.04. The number of benzene rings is 2. The molecule has 1 aliphatic heterocycles. The number of ether oxygens (including phenoxy) is 1. The molecule has 0 unspecified atom stereocenters. The normalized spacial score (nSPS) is 15.4. The second-order valence-corrected chi connectivity index (χ2v) is 7.60. The molecule has 0 saturated carbocycles. The van der Waals surface area contributed by atoms with E-state index >= 15 is 0 Å². The fourth-order valence-corrected chi connectivity index (χ4v) is 3.89. The monoisotopic (exact) mass is 400 g/mol. The number of rotatable bonds is 9. The van der Waals surface area contributed by atoms with E-state index in [9.17, 15) is 4.79 Å². The standard InChI is InChI=1S/C23H29ClN2O2/c1-2-3-16-28-22-13-7-5-11-19(22)23(27)25-17-21(26-14-8-9-15-26)18-10-4-6-12-20(18)24/h4-7,10-13,21H,2-3,8-9,14-17H2,1H3,(H,25,27)/t21-/m1/s1. The Kier molecular flexibility index (Phi) is 7.75. The van der Waals surface area contributed by atoms with E-state index in [4.69, 9.17) is 16.3 Å². The molecule has 2 aromatic rings. The summed E-state index contributed by atoms with van der Waals surface area (Å²) in [4.78, 5) is 15.3. The van der Waals surface area contributed by atoms with E-state index in [0.29, 0.717) is 24.5 Å². The number of amides is 1. The molecule has 1 fully saturated rings. The van der Waals surface area contributed by atoms with E-state index in [1.165, 1.54) is 12.8 Å². The van der Waals surface area contributed by atoms with Crippen molar-refractivity contribution in [3.05, 3.63) is 64.7 Å². The van der Waals surface area contributed by atoms with Crippen molar-refractivity contribution >= 4 is 17.5 Å². The predicted molar refractivity (Wildman–Crippen MR) is 114 cm³/mol. The van der Waals surface area contributed by atoms with Gasteiger partial charge in [0.1, 0.15) is 5.75 Å². The Morgan fingerprint density at radius 3 is 2.61 bits per heavy atom. The van der Waals surface area contributed by atoms with Crippen molar-refractivity contribution < 1.29 is 9.53 Å². The number of para-hydroxylation sites is 1. The maximum atomic E-state index is 12.9. The lowest BCUT2D eigenvalue weighted by molar-refractivity contribution is 0.0933. The summed E-state index contributed by atoms with van der Waals surface area (Å²) in [5, 5.41) is 3.86. The first-order valence-corrected chi connectivity index (χ1v) is 10.6. The van der Waals surface area contributed by atoms with Gasteiger partial charge in [0.05, 0.1) is 18.2 Å². The molecule has 150 valence electrons. The molecule has 0 aromatic heterocycles. The van der Waals surface area contributed by atoms with Crippen molar-refractivity contribution in [1.29, 1.82) is 0 Å². The highest BCUT2D eigenvalue weighted by Crippen LogP contribution is 2.30. The van der Waals surface area contributed by atoms with Crippen LogP contribution in [-0.2, 0) is 0 Å². The zero-order chi connectivity index (χ0) is 19.8. The van der Waals surface area contributed by atoms with Gasteiger partial charge in [-0.25, -0.2) is 0 Å². The van der Waals surface area contributed by atoms with Gasteiger partial charge in [-0.2, -0.15) is 0 Å². The molecule has 3 rings (SSSR count). The van der Waals surface area contributed by atoms with Crippen molar-refractivity contribution in [2.24, 2.45) is 0 Å². The van der Waals surface area contributed by atoms with Crippen LogP contribution in [0, 0.1) is 0 Å². The molecule has 28 heavy (non-hydrogen) atoms. The molecule has 0 bridgehead atoms. The molecule has 1 N–H and O–H groups in total. The Balaban J connectivity index is 1.71. The third-order valence-electron chi connectivity index (χ3n) is 5.19. The lowest BCUT2D eigenvalue weighted by Crippen LogP contribution is -2.37. The Morgan fingerprint density at radius 2 is 1.86 bits per heavy atom. The van der Waals surface area contributed by atoms with Gasteiger partial charge in [0.25, 0.3) is 5.91 Å². The summed E-state index contributed by atoms with van der Waals surface area (Å²) in [5.74, 6) is 0.535. The van der Waals surface area contributed by atoms with Gasteiger partial charge in [-0.1, -0.05) is 55.3 Å². The lowest BCUT2D eigenvalue weighted by atomic mass is 10.0. The number of nitrogens with zero attached hydrogens (tertiary/aromatic N) is 1. The van der Waals surface area contributed by atoms with Gasteiger partial charge in [0, 0.05) is 11.6 Å². The summed E-state index contributed by atoms with van der Waals surface area (Å²) in [6, 6.07) is 15.4. The first-order valence-electron chi connectivity index (χ1n) is 10.2. The summed E-state index contributed by atoms with van der Waals surface area (Å²) in [5.41, 5.74) is 1.65. The molecule has 1 atom stereocenters. The van der Waals surface area contributed by atoms with Crippen LogP contribution in [0.2, 0.25) is 5.02 Å². The van der Waals surface area contributed by atoms with Crippen molar-refractivity contribution in [2.45, 2.75) is 38.6 Å². The number of nitrogens with one attached hydrogen (secondary N) is 1. The van der Waals surface area contributed by atoms with Gasteiger partial charge >= 0.3 is 0 Å². The van der Waals surface area contributed by atoms with Gasteiger partial charge in [-0.05, 0) is 56.1 Å². The third-order valence-corrected chi connectivity index (χ3v) is 5.53. The fraction of sp³-hybridized carbons (Fsp3) is 0.435. The number of carbonyl (C=O) groups excluding carboxylic acids is 1. The van der Waals surface area contributed by atoms with Crippen molar-refractivity contribution in [3.63, 3.8) is 0 Å². The number of likely N-dealkylation sites (tertiary alicyclic amines) is 1. The highest BCUT2D eigenvalue weighted by Gasteiger charge is 2.26. The second kappa shape index (κ2) is 10.5. The average Bonchev–Trinajstić information content (AvgIpc) is 3.24. The number of halogens is 1. The van der Waals surface area contributed by atoms with Crippen LogP contribution in [0.3, 0.4) is 0 Å². The molecule has 2 aromatic carbocycles. The van der Waals surface area contributed by atoms with Gasteiger partial charge in [-0.3, -0.25) is 9.69 Å². The molecule has 0 aliphatic carbocycles. The average molecular weight is 401 g/mol. The zero-order valence-corrected chi connectivity index (χ0v) is 17.3. The van der Waals surface area contributed by atoms with Gasteiger partial charge in [-0.15, -0.1) is 0 Å². The van der Waals surface area contributed by atoms with E-state index in [1.54, 1.807) is 0 Å². The smallest absolute Gasteiger partial charge is 0.255 e. The topological polar surface area (TPSA) is 41.6 Å². The molecule has 0 spiro atoms. The minimum Gasteiger partial charge on any atom is -0.493 e. The SMILES string of the molecule is CCCCOc1ccccc1C(=O)NC[C@H](c1ccccc1Cl)N1CCCC1. The highest BCUT2D eigenvalue weighted by molar-refractivity contribution is 6.31. The van der Waals surface area contributed by atoms with Crippen LogP contribution in [0.4, 0.5) is 0 Å². The van der Waals surface area contributed by atoms with Crippen LogP contribution in [-0.4, -0.2) is 37.0 Å². The summed E-state index contributed by atoms with van der Waals surface area (Å²) >= 11 is 6.47. The van der Waals surface area contributed by atoms with E-state index in [-0.39, 0.29) is 11.9 Å². The molecular formula is C23H29ClN2O2. The molecule has 1 saturated heterocycles. The minimum absolute atomic E-state index is 0.0772. The third kappa shape index (κ3) is 5.27. The molecule has 1 aliphatic rings. The van der Waals surface area contributed by atoms with Gasteiger partial charge in [0.2, 0.25) is 0 Å². The van der Waals surface area contributed by atoms with Crippen LogP contribution in [0.25, 0.3) is 0 Å². The summed E-state index contributed by atoms with van der Waals surface area (Å²) in [7, 11) is 0. The first-order chi connectivity index (χ1) is 13.7. The quantitative estimate of drug-likeness (QED) is 0.596. The van der Waals surface area contributed by atoms with Crippen LogP contribution >= 0.6 is 11.6 Å². The lowest BCUT2D eigenvalue weighted by Gasteiger charge is -2.29. The predicted octanol–water partition coefficient (Wildman–Crippen LogP) is 5.09. The molecule has 1 amide bonds. The van der Waals surface area contributed by atoms with Crippen LogP contribution < -0.4 is 10.1 Å². The fourth-order valence-electron chi connectivity index (χ4n) is 3.63. The largest absolute Gasteiger partial charge is 0.493 e. The number of hydrogen-bond donors (Lipinski definition) is 1. The molecule has 0 radical (unpaired) electrons. The number of carbonyl (C=O) groups is 1. The first kappa shape index (κ1) is 20.7. The molecule has 5 heteroatoms. The van der Waals surface area contributed by atoms with E-state index in [2.05, 4.69) is 23.2 Å². The van der Waals surface area contributed by atoms with E-state index in [1.807, 2.05) is 42.5 Å². The van der Waals surface area contributed by atoms with Gasteiger partial charge in [0.15, 0.2) is 0 Å². The molecule has 4 nitrogen and oxygen atoms in total. The number of unbranched alkanes of at least 4 members (excludes halogenated alkanes) is 1. The second-order valence-electron chi connectivity index (χ2n) is 7.19. The van der Waals surface area contributed by atoms with E-state index in [0.717, 1.165) is 36.5 Å². The Morgan fingerprint density at radius 1 is 1.14 bits per heavy atom. The summed E-state index contributed by atoms with van der Waals surface area (Å²) < 4.78 is 5.82. The van der Waals surface area contributed by atoms with Gasteiger partial charge < -0.3 is 10.1 Å². The van der Waals surface area contributed by atoms with Crippen LogP contribution in [0.5, 0.6) is 5.75 Å². The molecular weight excluding hydrogens is 372 g/mol. The summed E-state index contributed by atoms with van der Waals surface area (Å²) in [6.45, 7) is 5.32. The van der Waals surface area contributed by atoms with E-state index < -0.39 is 0 Å². The van der Waals surface area contributed by atoms with Crippen molar-refractivity contribution in [1.82, 2.24) is 10.2 Å². The Bertz CT molecular complexity index is 775. The maximum Gasteiger partial charge on any atom is 0.255 e. The number of hydrogen-bond acceptors (Lipinski definition) is 3. The molecule has 1 heterocycles. The maximum absolute atomic E-state index is 12.9. The summed E-state index contributed by atoms with van der Waals surface area (Å²) in [6.07, 6.45) is 4.40. The highest BCUT2D eigenvalue weighted by atomic mass is 35.5. The Labute approximate surface area is 172 Å². The van der Waals surface area contributed by atoms with Crippen LogP contribution in [0.1, 0.15) is 54.6 Å². The zero-order valence-electron chi connectivity index (χ0n) is 16.5.